The number of nitrogens with one attached hydrogen (secondary N) is 1. The van der Waals surface area contributed by atoms with Crippen molar-refractivity contribution in [2.45, 2.75) is 18.9 Å². The Kier molecular flexibility index (Phi) is 4.82. The largest absolute Gasteiger partial charge is 0.337 e. The molecule has 3 aromatic heterocycles. The van der Waals surface area contributed by atoms with Crippen LogP contribution < -0.4 is 11.2 Å². The number of amides is 1. The minimum absolute atomic E-state index is 0.0870. The molecule has 0 aliphatic carbocycles. The lowest BCUT2D eigenvalue weighted by atomic mass is 10.0. The number of likely N-dealkylation sites (tertiary alicyclic amines) is 1. The van der Waals surface area contributed by atoms with Crippen LogP contribution in [0.1, 0.15) is 29.4 Å². The molecule has 0 saturated carbocycles. The SMILES string of the molecule is Cn1nc(-c2cccs2)cc1C(=O)N1CCC(n2c(=O)[nH]c3ccccc3c2=O)CC1. The van der Waals surface area contributed by atoms with E-state index < -0.39 is 5.69 Å². The number of carbonyl (C=O) groups is 1. The van der Waals surface area contributed by atoms with Gasteiger partial charge in [0.15, 0.2) is 0 Å². The number of para-hydroxylation sites is 1. The molecule has 0 atom stereocenters. The number of aryl methyl sites for hydroxylation is 1. The number of rotatable bonds is 3. The van der Waals surface area contributed by atoms with E-state index in [0.717, 1.165) is 10.6 Å². The predicted octanol–water partition coefficient (Wildman–Crippen LogP) is 2.63. The zero-order chi connectivity index (χ0) is 21.5. The molecule has 4 heterocycles. The molecule has 4 aromatic rings. The number of aromatic nitrogens is 4. The molecule has 5 rings (SSSR count). The Morgan fingerprint density at radius 2 is 1.90 bits per heavy atom. The fourth-order valence-corrected chi connectivity index (χ4v) is 4.89. The molecule has 1 aromatic carbocycles. The lowest BCUT2D eigenvalue weighted by Crippen LogP contribution is -2.45. The van der Waals surface area contributed by atoms with Crippen molar-refractivity contribution in [1.29, 1.82) is 0 Å². The quantitative estimate of drug-likeness (QED) is 0.535. The van der Waals surface area contributed by atoms with Gasteiger partial charge in [0.1, 0.15) is 11.4 Å². The van der Waals surface area contributed by atoms with Crippen molar-refractivity contribution < 1.29 is 4.79 Å². The number of hydrogen-bond donors (Lipinski definition) is 1. The highest BCUT2D eigenvalue weighted by molar-refractivity contribution is 7.13. The monoisotopic (exact) mass is 435 g/mol. The molecule has 1 fully saturated rings. The lowest BCUT2D eigenvalue weighted by Gasteiger charge is -2.32. The van der Waals surface area contributed by atoms with Crippen molar-refractivity contribution in [2.75, 3.05) is 13.1 Å². The van der Waals surface area contributed by atoms with Crippen molar-refractivity contribution in [1.82, 2.24) is 24.2 Å². The number of nitrogens with zero attached hydrogens (tertiary/aromatic N) is 4. The van der Waals surface area contributed by atoms with Crippen LogP contribution in [-0.2, 0) is 7.05 Å². The van der Waals surface area contributed by atoms with Gasteiger partial charge < -0.3 is 9.88 Å². The highest BCUT2D eigenvalue weighted by atomic mass is 32.1. The summed E-state index contributed by atoms with van der Waals surface area (Å²) in [5.41, 5.74) is 1.17. The molecule has 9 heteroatoms. The molecule has 1 aliphatic rings. The molecule has 1 saturated heterocycles. The zero-order valence-electron chi connectivity index (χ0n) is 16.9. The summed E-state index contributed by atoms with van der Waals surface area (Å²) in [6.07, 6.45) is 1.09. The number of fused-ring (bicyclic) bond motifs is 1. The smallest absolute Gasteiger partial charge is 0.329 e. The third-order valence-corrected chi connectivity index (χ3v) is 6.72. The van der Waals surface area contributed by atoms with Gasteiger partial charge in [-0.15, -0.1) is 11.3 Å². The molecule has 1 N–H and O–H groups in total. The van der Waals surface area contributed by atoms with Crippen LogP contribution in [0.5, 0.6) is 0 Å². The summed E-state index contributed by atoms with van der Waals surface area (Å²) in [5.74, 6) is -0.0870. The Morgan fingerprint density at radius 1 is 1.13 bits per heavy atom. The summed E-state index contributed by atoms with van der Waals surface area (Å²) in [6, 6.07) is 12.5. The Morgan fingerprint density at radius 3 is 2.65 bits per heavy atom. The van der Waals surface area contributed by atoms with Gasteiger partial charge in [-0.2, -0.15) is 5.10 Å². The predicted molar refractivity (Wildman–Crippen MR) is 120 cm³/mol. The van der Waals surface area contributed by atoms with Crippen molar-refractivity contribution in [2.24, 2.45) is 7.05 Å². The summed E-state index contributed by atoms with van der Waals surface area (Å²) in [7, 11) is 1.77. The molecule has 0 radical (unpaired) electrons. The molecule has 1 amide bonds. The van der Waals surface area contributed by atoms with Crippen molar-refractivity contribution >= 4 is 28.1 Å². The van der Waals surface area contributed by atoms with E-state index in [2.05, 4.69) is 10.1 Å². The Bertz CT molecular complexity index is 1370. The van der Waals surface area contributed by atoms with Crippen LogP contribution in [0.2, 0.25) is 0 Å². The summed E-state index contributed by atoms with van der Waals surface area (Å²) in [6.45, 7) is 0.948. The number of H-pyrrole nitrogens is 1. The molecule has 8 nitrogen and oxygen atoms in total. The van der Waals surface area contributed by atoms with Gasteiger partial charge in [0.05, 0.1) is 15.8 Å². The van der Waals surface area contributed by atoms with Crippen LogP contribution in [0.3, 0.4) is 0 Å². The minimum Gasteiger partial charge on any atom is -0.337 e. The van der Waals surface area contributed by atoms with Gasteiger partial charge in [-0.1, -0.05) is 18.2 Å². The number of carbonyl (C=O) groups excluding carboxylic acids is 1. The van der Waals surface area contributed by atoms with Gasteiger partial charge in [-0.25, -0.2) is 4.79 Å². The van der Waals surface area contributed by atoms with E-state index in [0.29, 0.717) is 42.5 Å². The molecular formula is C22H21N5O3S. The first kappa shape index (κ1) is 19.5. The first-order valence-electron chi connectivity index (χ1n) is 10.1. The Balaban J connectivity index is 1.36. The lowest BCUT2D eigenvalue weighted by molar-refractivity contribution is 0.0681. The molecule has 0 spiro atoms. The fraction of sp³-hybridized carbons (Fsp3) is 0.273. The van der Waals surface area contributed by atoms with Gasteiger partial charge in [-0.05, 0) is 42.5 Å². The molecule has 1 aliphatic heterocycles. The third kappa shape index (κ3) is 3.40. The average Bonchev–Trinajstić information content (AvgIpc) is 3.44. The maximum absolute atomic E-state index is 13.1. The van der Waals surface area contributed by atoms with Gasteiger partial charge in [0.2, 0.25) is 0 Å². The second-order valence-corrected chi connectivity index (χ2v) is 8.64. The minimum atomic E-state index is -0.402. The topological polar surface area (TPSA) is 93.0 Å². The maximum atomic E-state index is 13.1. The molecule has 31 heavy (non-hydrogen) atoms. The number of benzene rings is 1. The highest BCUT2D eigenvalue weighted by Crippen LogP contribution is 2.26. The van der Waals surface area contributed by atoms with Crippen molar-refractivity contribution in [3.8, 4) is 10.6 Å². The van der Waals surface area contributed by atoms with E-state index in [1.807, 2.05) is 23.6 Å². The Labute approximate surface area is 181 Å². The van der Waals surface area contributed by atoms with Gasteiger partial charge in [0.25, 0.3) is 11.5 Å². The second kappa shape index (κ2) is 7.66. The zero-order valence-corrected chi connectivity index (χ0v) is 17.8. The van der Waals surface area contributed by atoms with Crippen LogP contribution >= 0.6 is 11.3 Å². The van der Waals surface area contributed by atoms with E-state index in [1.54, 1.807) is 52.2 Å². The van der Waals surface area contributed by atoms with Crippen LogP contribution in [-0.4, -0.2) is 43.2 Å². The summed E-state index contributed by atoms with van der Waals surface area (Å²) >= 11 is 1.58. The van der Waals surface area contributed by atoms with Crippen LogP contribution in [0.25, 0.3) is 21.5 Å². The van der Waals surface area contributed by atoms with Gasteiger partial charge in [0, 0.05) is 26.2 Å². The third-order valence-electron chi connectivity index (χ3n) is 5.83. The first-order chi connectivity index (χ1) is 15.0. The first-order valence-corrected chi connectivity index (χ1v) is 11.0. The van der Waals surface area contributed by atoms with E-state index in [4.69, 9.17) is 0 Å². The number of aromatic amines is 1. The van der Waals surface area contributed by atoms with Gasteiger partial charge in [-0.3, -0.25) is 18.8 Å². The molecule has 0 bridgehead atoms. The van der Waals surface area contributed by atoms with E-state index in [1.165, 1.54) is 4.57 Å². The summed E-state index contributed by atoms with van der Waals surface area (Å²) in [5, 5.41) is 6.95. The van der Waals surface area contributed by atoms with E-state index >= 15 is 0 Å². The van der Waals surface area contributed by atoms with Crippen LogP contribution in [0.15, 0.2) is 57.4 Å². The van der Waals surface area contributed by atoms with Gasteiger partial charge >= 0.3 is 5.69 Å². The van der Waals surface area contributed by atoms with Crippen molar-refractivity contribution in [3.63, 3.8) is 0 Å². The summed E-state index contributed by atoms with van der Waals surface area (Å²) in [4.78, 5) is 44.1. The van der Waals surface area contributed by atoms with Crippen molar-refractivity contribution in [3.05, 3.63) is 74.4 Å². The number of hydrogen-bond acceptors (Lipinski definition) is 5. The maximum Gasteiger partial charge on any atom is 0.329 e. The fourth-order valence-electron chi connectivity index (χ4n) is 4.21. The Hall–Kier alpha value is -3.46. The van der Waals surface area contributed by atoms with Crippen LogP contribution in [0, 0.1) is 0 Å². The molecular weight excluding hydrogens is 414 g/mol. The second-order valence-electron chi connectivity index (χ2n) is 7.69. The van der Waals surface area contributed by atoms with E-state index in [9.17, 15) is 14.4 Å². The molecule has 158 valence electrons. The average molecular weight is 436 g/mol. The number of thiophene rings is 1. The summed E-state index contributed by atoms with van der Waals surface area (Å²) < 4.78 is 2.92. The highest BCUT2D eigenvalue weighted by Gasteiger charge is 2.28. The normalized spacial score (nSPS) is 14.9. The molecule has 0 unspecified atom stereocenters. The number of piperidine rings is 1. The standard InChI is InChI=1S/C22H21N5O3S/c1-25-18(13-17(24-25)19-7-4-12-31-19)21(29)26-10-8-14(9-11-26)27-20(28)15-5-2-3-6-16(15)23-22(27)30/h2-7,12-14H,8-11H2,1H3,(H,23,30). The van der Waals surface area contributed by atoms with E-state index in [-0.39, 0.29) is 17.5 Å². The van der Waals surface area contributed by atoms with Crippen LogP contribution in [0.4, 0.5) is 0 Å².